The maximum Gasteiger partial charge on any atom is 0.276 e. The van der Waals surface area contributed by atoms with E-state index in [9.17, 15) is 19.2 Å². The van der Waals surface area contributed by atoms with E-state index >= 15 is 0 Å². The Hall–Kier alpha value is -5.40. The number of carbonyl (C=O) groups is 2. The van der Waals surface area contributed by atoms with E-state index in [1.54, 1.807) is 78.2 Å². The van der Waals surface area contributed by atoms with Crippen LogP contribution in [0.5, 0.6) is 0 Å². The number of anilines is 4. The highest BCUT2D eigenvalue weighted by atomic mass is 16.2. The molecule has 0 radical (unpaired) electrons. The molecule has 4 N–H and O–H groups in total. The minimum absolute atomic E-state index is 0.233. The van der Waals surface area contributed by atoms with Gasteiger partial charge in [0, 0.05) is 12.4 Å². The van der Waals surface area contributed by atoms with Gasteiger partial charge in [-0.25, -0.2) is 19.9 Å². The molecule has 0 spiro atoms. The normalized spacial score (nSPS) is 15.5. The molecule has 14 nitrogen and oxygen atoms in total. The Bertz CT molecular complexity index is 1690. The Morgan fingerprint density at radius 2 is 1.05 bits per heavy atom. The summed E-state index contributed by atoms with van der Waals surface area (Å²) in [6.45, 7) is 10.8. The molecule has 4 aromatic rings. The number of aryl methyl sites for hydroxylation is 2. The fraction of sp³-hybridized carbons (Fsp3) is 0.286. The lowest BCUT2D eigenvalue weighted by molar-refractivity contribution is 0.0925. The third-order valence-electron chi connectivity index (χ3n) is 6.86. The highest BCUT2D eigenvalue weighted by Gasteiger charge is 2.38. The summed E-state index contributed by atoms with van der Waals surface area (Å²) in [4.78, 5) is 65.0. The van der Waals surface area contributed by atoms with E-state index in [0.29, 0.717) is 34.4 Å². The van der Waals surface area contributed by atoms with Crippen molar-refractivity contribution in [2.45, 2.75) is 52.9 Å². The predicted molar refractivity (Wildman–Crippen MR) is 155 cm³/mol. The second-order valence-corrected chi connectivity index (χ2v) is 10.9. The number of nitrogens with one attached hydrogen (secondary N) is 4. The molecule has 0 aromatic carbocycles. The Labute approximate surface area is 240 Å². The summed E-state index contributed by atoms with van der Waals surface area (Å²) < 4.78 is 2.96. The van der Waals surface area contributed by atoms with Gasteiger partial charge in [-0.1, -0.05) is 0 Å². The summed E-state index contributed by atoms with van der Waals surface area (Å²) in [5, 5.41) is 11.5. The van der Waals surface area contributed by atoms with Crippen LogP contribution in [0, 0.1) is 13.8 Å². The molecule has 6 heterocycles. The number of rotatable bonds is 4. The van der Waals surface area contributed by atoms with Gasteiger partial charge in [0.05, 0.1) is 0 Å². The summed E-state index contributed by atoms with van der Waals surface area (Å²) in [6.07, 6.45) is 5.97. The standard InChI is InChI=1S/2C14H15N5O2/c2*1-8-6-9(17-10-4-5-15-7-16-10)13(21)19-11(8)12(20)18-14(19,2)3/h2*4-7H,1-3H3,(H,18,20)(H,15,16,17). The Morgan fingerprint density at radius 1 is 0.667 bits per heavy atom. The van der Waals surface area contributed by atoms with Crippen molar-refractivity contribution in [3.8, 4) is 0 Å². The first-order valence-electron chi connectivity index (χ1n) is 13.1. The zero-order valence-corrected chi connectivity index (χ0v) is 23.9. The molecule has 0 atom stereocenters. The van der Waals surface area contributed by atoms with Crippen LogP contribution < -0.4 is 32.4 Å². The maximum atomic E-state index is 12.6. The first kappa shape index (κ1) is 28.1. The zero-order valence-electron chi connectivity index (χ0n) is 23.9. The number of carbonyl (C=O) groups excluding carboxylic acids is 2. The average Bonchev–Trinajstić information content (AvgIpc) is 3.33. The van der Waals surface area contributed by atoms with Crippen molar-refractivity contribution in [2.24, 2.45) is 0 Å². The minimum atomic E-state index is -0.752. The minimum Gasteiger partial charge on any atom is -0.336 e. The van der Waals surface area contributed by atoms with E-state index < -0.39 is 11.3 Å². The van der Waals surface area contributed by atoms with Gasteiger partial charge in [0.2, 0.25) is 0 Å². The average molecular weight is 571 g/mol. The van der Waals surface area contributed by atoms with Gasteiger partial charge in [0.1, 0.15) is 58.4 Å². The van der Waals surface area contributed by atoms with Crippen molar-refractivity contribution in [3.63, 3.8) is 0 Å². The summed E-state index contributed by atoms with van der Waals surface area (Å²) in [5.74, 6) is 0.584. The number of hydrogen-bond acceptors (Lipinski definition) is 10. The lowest BCUT2D eigenvalue weighted by atomic mass is 10.1. The molecule has 0 unspecified atom stereocenters. The number of hydrogen-bond donors (Lipinski definition) is 4. The van der Waals surface area contributed by atoms with Gasteiger partial charge in [0.25, 0.3) is 22.9 Å². The number of pyridine rings is 2. The fourth-order valence-electron chi connectivity index (χ4n) is 5.09. The molecule has 2 aliphatic rings. The van der Waals surface area contributed by atoms with Gasteiger partial charge < -0.3 is 21.3 Å². The molecule has 0 aliphatic carbocycles. The van der Waals surface area contributed by atoms with Crippen molar-refractivity contribution in [2.75, 3.05) is 10.6 Å². The number of fused-ring (bicyclic) bond motifs is 2. The summed E-state index contributed by atoms with van der Waals surface area (Å²) in [7, 11) is 0. The highest BCUT2D eigenvalue weighted by molar-refractivity contribution is 5.97. The van der Waals surface area contributed by atoms with Gasteiger partial charge in [-0.05, 0) is 76.9 Å². The van der Waals surface area contributed by atoms with E-state index in [1.807, 2.05) is 0 Å². The van der Waals surface area contributed by atoms with Gasteiger partial charge in [-0.2, -0.15) is 0 Å². The lowest BCUT2D eigenvalue weighted by Gasteiger charge is -2.22. The topological polar surface area (TPSA) is 178 Å². The Morgan fingerprint density at radius 3 is 1.38 bits per heavy atom. The van der Waals surface area contributed by atoms with Crippen LogP contribution in [0.3, 0.4) is 0 Å². The van der Waals surface area contributed by atoms with Gasteiger partial charge in [-0.3, -0.25) is 28.3 Å². The SMILES string of the molecule is Cc1cc(Nc2ccncn2)c(=O)n2c1C(=O)NC2(C)C.Cc1cc(Nc2ccncn2)c(=O)n2c1C(=O)NC2(C)C. The molecule has 0 bridgehead atoms. The van der Waals surface area contributed by atoms with E-state index in [1.165, 1.54) is 21.8 Å². The van der Waals surface area contributed by atoms with Crippen LogP contribution in [-0.4, -0.2) is 40.9 Å². The first-order valence-corrected chi connectivity index (χ1v) is 13.1. The van der Waals surface area contributed by atoms with Crippen LogP contribution in [0.2, 0.25) is 0 Å². The van der Waals surface area contributed by atoms with E-state index in [4.69, 9.17) is 0 Å². The van der Waals surface area contributed by atoms with Crippen LogP contribution in [0.1, 0.15) is 59.8 Å². The molecular formula is C28H30N10O4. The molecule has 2 amide bonds. The number of nitrogens with zero attached hydrogens (tertiary/aromatic N) is 6. The van der Waals surface area contributed by atoms with Gasteiger partial charge >= 0.3 is 0 Å². The molecule has 2 aliphatic heterocycles. The fourth-order valence-corrected chi connectivity index (χ4v) is 5.09. The third kappa shape index (κ3) is 4.98. The second-order valence-electron chi connectivity index (χ2n) is 10.9. The molecule has 42 heavy (non-hydrogen) atoms. The highest BCUT2D eigenvalue weighted by Crippen LogP contribution is 2.26. The maximum absolute atomic E-state index is 12.6. The van der Waals surface area contributed by atoms with Crippen LogP contribution in [0.15, 0.2) is 58.9 Å². The van der Waals surface area contributed by atoms with Crippen LogP contribution in [-0.2, 0) is 11.3 Å². The molecule has 4 aromatic heterocycles. The molecule has 14 heteroatoms. The van der Waals surface area contributed by atoms with Crippen molar-refractivity contribution >= 4 is 34.8 Å². The Kier molecular flexibility index (Phi) is 6.84. The van der Waals surface area contributed by atoms with Crippen molar-refractivity contribution < 1.29 is 9.59 Å². The van der Waals surface area contributed by atoms with Gasteiger partial charge in [0.15, 0.2) is 0 Å². The summed E-state index contributed by atoms with van der Waals surface area (Å²) in [6, 6.07) is 6.66. The van der Waals surface area contributed by atoms with E-state index in [-0.39, 0.29) is 22.9 Å². The molecule has 0 saturated carbocycles. The third-order valence-corrected chi connectivity index (χ3v) is 6.86. The second kappa shape index (κ2) is 10.2. The van der Waals surface area contributed by atoms with Gasteiger partial charge in [-0.15, -0.1) is 0 Å². The smallest absolute Gasteiger partial charge is 0.276 e. The molecule has 6 rings (SSSR count). The molecule has 216 valence electrons. The zero-order chi connectivity index (χ0) is 30.4. The number of aromatic nitrogens is 6. The van der Waals surface area contributed by atoms with Crippen LogP contribution in [0.25, 0.3) is 0 Å². The van der Waals surface area contributed by atoms with E-state index in [0.717, 1.165) is 11.1 Å². The van der Waals surface area contributed by atoms with E-state index in [2.05, 4.69) is 41.2 Å². The number of amides is 2. The van der Waals surface area contributed by atoms with Crippen molar-refractivity contribution in [1.29, 1.82) is 0 Å². The lowest BCUT2D eigenvalue weighted by Crippen LogP contribution is -2.42. The van der Waals surface area contributed by atoms with Crippen LogP contribution >= 0.6 is 0 Å². The molecular weight excluding hydrogens is 540 g/mol. The quantitative estimate of drug-likeness (QED) is 0.284. The monoisotopic (exact) mass is 570 g/mol. The largest absolute Gasteiger partial charge is 0.336 e. The molecule has 0 fully saturated rings. The van der Waals surface area contributed by atoms with Crippen molar-refractivity contribution in [3.05, 3.63) is 92.5 Å². The first-order chi connectivity index (χ1) is 19.8. The summed E-state index contributed by atoms with van der Waals surface area (Å²) in [5.41, 5.74) is 0.976. The summed E-state index contributed by atoms with van der Waals surface area (Å²) >= 11 is 0. The molecule has 0 saturated heterocycles. The van der Waals surface area contributed by atoms with Crippen molar-refractivity contribution in [1.82, 2.24) is 39.7 Å². The van der Waals surface area contributed by atoms with Crippen LogP contribution in [0.4, 0.5) is 23.0 Å². The predicted octanol–water partition coefficient (Wildman–Crippen LogP) is 2.25. The Balaban J connectivity index is 0.000000168.